The van der Waals surface area contributed by atoms with E-state index in [1.807, 2.05) is 30.3 Å². The Morgan fingerprint density at radius 1 is 1.19 bits per heavy atom. The molecule has 1 heteroatoms. The van der Waals surface area contributed by atoms with Crippen molar-refractivity contribution in [2.24, 2.45) is 5.41 Å². The van der Waals surface area contributed by atoms with Crippen LogP contribution >= 0.6 is 0 Å². The van der Waals surface area contributed by atoms with E-state index in [-0.39, 0.29) is 5.78 Å². The van der Waals surface area contributed by atoms with Crippen molar-refractivity contribution in [1.29, 1.82) is 0 Å². The molecule has 0 N–H and O–H groups in total. The van der Waals surface area contributed by atoms with Gasteiger partial charge in [-0.25, -0.2) is 0 Å². The quantitative estimate of drug-likeness (QED) is 0.514. The lowest BCUT2D eigenvalue weighted by atomic mass is 9.89. The SMILES string of the molecule is CC#CC(=O)C(C)(C)C#Cc1ccccc1. The van der Waals surface area contributed by atoms with Gasteiger partial charge in [-0.05, 0) is 38.8 Å². The lowest BCUT2D eigenvalue weighted by molar-refractivity contribution is -0.118. The lowest BCUT2D eigenvalue weighted by Gasteiger charge is -2.10. The molecule has 1 aromatic carbocycles. The maximum absolute atomic E-state index is 11.6. The highest BCUT2D eigenvalue weighted by Crippen LogP contribution is 2.14. The number of benzene rings is 1. The first kappa shape index (κ1) is 12.1. The Kier molecular flexibility index (Phi) is 3.92. The first-order valence-corrected chi connectivity index (χ1v) is 5.11. The van der Waals surface area contributed by atoms with Crippen LogP contribution in [0.15, 0.2) is 30.3 Å². The minimum Gasteiger partial charge on any atom is -0.283 e. The number of carbonyl (C=O) groups excluding carboxylic acids is 1. The Hall–Kier alpha value is -1.99. The number of carbonyl (C=O) groups is 1. The van der Waals surface area contributed by atoms with Crippen LogP contribution in [-0.2, 0) is 4.79 Å². The van der Waals surface area contributed by atoms with Crippen LogP contribution in [0.4, 0.5) is 0 Å². The van der Waals surface area contributed by atoms with E-state index in [1.165, 1.54) is 0 Å². The summed E-state index contributed by atoms with van der Waals surface area (Å²) in [6.07, 6.45) is 0. The standard InChI is InChI=1S/C15H14O/c1-4-8-14(16)15(2,3)12-11-13-9-6-5-7-10-13/h5-7,9-10H,1-3H3. The maximum Gasteiger partial charge on any atom is 0.222 e. The van der Waals surface area contributed by atoms with Gasteiger partial charge in [0.2, 0.25) is 5.78 Å². The van der Waals surface area contributed by atoms with E-state index in [2.05, 4.69) is 23.7 Å². The molecule has 0 aliphatic carbocycles. The Balaban J connectivity index is 2.92. The summed E-state index contributed by atoms with van der Waals surface area (Å²) in [6.45, 7) is 5.23. The number of Topliss-reactive ketones (excluding diaryl/α,β-unsaturated/α-hetero) is 1. The van der Waals surface area contributed by atoms with Gasteiger partial charge in [0.1, 0.15) is 0 Å². The summed E-state index contributed by atoms with van der Waals surface area (Å²) in [7, 11) is 0. The molecule has 0 bridgehead atoms. The predicted octanol–water partition coefficient (Wildman–Crippen LogP) is 2.66. The molecule has 1 nitrogen and oxygen atoms in total. The van der Waals surface area contributed by atoms with Crippen molar-refractivity contribution >= 4 is 5.78 Å². The first-order valence-electron chi connectivity index (χ1n) is 5.11. The fraction of sp³-hybridized carbons (Fsp3) is 0.267. The molecule has 1 aromatic rings. The molecule has 16 heavy (non-hydrogen) atoms. The molecule has 0 atom stereocenters. The van der Waals surface area contributed by atoms with Crippen LogP contribution in [0.5, 0.6) is 0 Å². The summed E-state index contributed by atoms with van der Waals surface area (Å²) >= 11 is 0. The minimum atomic E-state index is -0.709. The van der Waals surface area contributed by atoms with Crippen LogP contribution in [0.25, 0.3) is 0 Å². The Labute approximate surface area is 96.9 Å². The van der Waals surface area contributed by atoms with Gasteiger partial charge in [-0.3, -0.25) is 4.79 Å². The third-order valence-electron chi connectivity index (χ3n) is 2.10. The summed E-state index contributed by atoms with van der Waals surface area (Å²) in [4.78, 5) is 11.6. The number of ketones is 1. The average Bonchev–Trinajstić information content (AvgIpc) is 2.28. The monoisotopic (exact) mass is 210 g/mol. The summed E-state index contributed by atoms with van der Waals surface area (Å²) < 4.78 is 0. The van der Waals surface area contributed by atoms with E-state index in [0.29, 0.717) is 0 Å². The molecule has 0 saturated carbocycles. The lowest BCUT2D eigenvalue weighted by Crippen LogP contribution is -2.20. The van der Waals surface area contributed by atoms with E-state index in [0.717, 1.165) is 5.56 Å². The second kappa shape index (κ2) is 5.19. The Morgan fingerprint density at radius 3 is 2.38 bits per heavy atom. The van der Waals surface area contributed by atoms with E-state index in [4.69, 9.17) is 0 Å². The van der Waals surface area contributed by atoms with Gasteiger partial charge in [-0.15, -0.1) is 0 Å². The Bertz CT molecular complexity index is 487. The smallest absolute Gasteiger partial charge is 0.222 e. The van der Waals surface area contributed by atoms with Crippen LogP contribution in [0, 0.1) is 29.1 Å². The van der Waals surface area contributed by atoms with Crippen LogP contribution in [0.2, 0.25) is 0 Å². The first-order chi connectivity index (χ1) is 7.56. The molecule has 0 aromatic heterocycles. The van der Waals surface area contributed by atoms with Gasteiger partial charge < -0.3 is 0 Å². The fourth-order valence-corrected chi connectivity index (χ4v) is 1.08. The molecule has 0 heterocycles. The number of hydrogen-bond acceptors (Lipinski definition) is 1. The second-order valence-corrected chi connectivity index (χ2v) is 3.95. The van der Waals surface area contributed by atoms with Crippen LogP contribution < -0.4 is 0 Å². The molecule has 0 spiro atoms. The van der Waals surface area contributed by atoms with E-state index >= 15 is 0 Å². The van der Waals surface area contributed by atoms with Gasteiger partial charge in [-0.1, -0.05) is 36.0 Å². The minimum absolute atomic E-state index is 0.140. The average molecular weight is 210 g/mol. The molecular formula is C15H14O. The summed E-state index contributed by atoms with van der Waals surface area (Å²) in [5.74, 6) is 10.9. The molecule has 0 aliphatic rings. The molecule has 0 amide bonds. The normalized spacial score (nSPS) is 9.44. The second-order valence-electron chi connectivity index (χ2n) is 3.95. The third kappa shape index (κ3) is 3.30. The van der Waals surface area contributed by atoms with Crippen molar-refractivity contribution in [3.63, 3.8) is 0 Å². The van der Waals surface area contributed by atoms with Crippen molar-refractivity contribution in [2.75, 3.05) is 0 Å². The molecule has 1 rings (SSSR count). The van der Waals surface area contributed by atoms with Gasteiger partial charge in [0, 0.05) is 5.56 Å². The van der Waals surface area contributed by atoms with E-state index < -0.39 is 5.41 Å². The molecule has 0 unspecified atom stereocenters. The molecule has 0 radical (unpaired) electrons. The number of hydrogen-bond donors (Lipinski definition) is 0. The van der Waals surface area contributed by atoms with Gasteiger partial charge in [-0.2, -0.15) is 0 Å². The van der Waals surface area contributed by atoms with E-state index in [9.17, 15) is 4.79 Å². The molecule has 0 aliphatic heterocycles. The van der Waals surface area contributed by atoms with Gasteiger partial charge >= 0.3 is 0 Å². The van der Waals surface area contributed by atoms with Crippen molar-refractivity contribution in [3.05, 3.63) is 35.9 Å². The summed E-state index contributed by atoms with van der Waals surface area (Å²) in [5.41, 5.74) is 0.201. The zero-order valence-corrected chi connectivity index (χ0v) is 9.79. The molecule has 80 valence electrons. The van der Waals surface area contributed by atoms with Crippen molar-refractivity contribution in [2.45, 2.75) is 20.8 Å². The van der Waals surface area contributed by atoms with Crippen LogP contribution in [-0.4, -0.2) is 5.78 Å². The van der Waals surface area contributed by atoms with Crippen molar-refractivity contribution < 1.29 is 4.79 Å². The van der Waals surface area contributed by atoms with Gasteiger partial charge in [0.25, 0.3) is 0 Å². The zero-order valence-electron chi connectivity index (χ0n) is 9.79. The highest BCUT2D eigenvalue weighted by molar-refractivity contribution is 6.01. The van der Waals surface area contributed by atoms with Crippen molar-refractivity contribution in [3.8, 4) is 23.7 Å². The summed E-state index contributed by atoms with van der Waals surface area (Å²) in [6, 6.07) is 9.61. The maximum atomic E-state index is 11.6. The molecule has 0 saturated heterocycles. The van der Waals surface area contributed by atoms with Gasteiger partial charge in [0.05, 0.1) is 5.41 Å². The van der Waals surface area contributed by atoms with Crippen molar-refractivity contribution in [1.82, 2.24) is 0 Å². The highest BCUT2D eigenvalue weighted by atomic mass is 16.1. The van der Waals surface area contributed by atoms with E-state index in [1.54, 1.807) is 20.8 Å². The topological polar surface area (TPSA) is 17.1 Å². The van der Waals surface area contributed by atoms with Crippen LogP contribution in [0.1, 0.15) is 26.3 Å². The highest BCUT2D eigenvalue weighted by Gasteiger charge is 2.22. The predicted molar refractivity (Wildman–Crippen MR) is 65.6 cm³/mol. The third-order valence-corrected chi connectivity index (χ3v) is 2.10. The summed E-state index contributed by atoms with van der Waals surface area (Å²) in [5, 5.41) is 0. The largest absolute Gasteiger partial charge is 0.283 e. The Morgan fingerprint density at radius 2 is 1.81 bits per heavy atom. The van der Waals surface area contributed by atoms with Gasteiger partial charge in [0.15, 0.2) is 0 Å². The molecular weight excluding hydrogens is 196 g/mol. The molecule has 0 fully saturated rings. The fourth-order valence-electron chi connectivity index (χ4n) is 1.08. The zero-order chi connectivity index (χ0) is 12.0. The van der Waals surface area contributed by atoms with Crippen LogP contribution in [0.3, 0.4) is 0 Å². The number of rotatable bonds is 1.